The maximum absolute atomic E-state index is 12.1. The molecule has 2 aromatic rings. The van der Waals surface area contributed by atoms with E-state index in [-0.39, 0.29) is 10.8 Å². The number of halogens is 1. The summed E-state index contributed by atoms with van der Waals surface area (Å²) in [5.41, 5.74) is 6.93. The van der Waals surface area contributed by atoms with E-state index >= 15 is 0 Å². The van der Waals surface area contributed by atoms with Crippen molar-refractivity contribution >= 4 is 43.0 Å². The fraction of sp³-hybridized carbons (Fsp3) is 0.0714. The molecule has 2 aromatic carbocycles. The zero-order valence-electron chi connectivity index (χ0n) is 11.1. The van der Waals surface area contributed by atoms with E-state index in [9.17, 15) is 13.2 Å². The number of hydrogen-bond donors (Lipinski definition) is 2. The van der Waals surface area contributed by atoms with Crippen LogP contribution in [0.15, 0.2) is 51.8 Å². The Morgan fingerprint density at radius 1 is 1.19 bits per heavy atom. The highest BCUT2D eigenvalue weighted by molar-refractivity contribution is 9.10. The molecule has 1 amide bonds. The van der Waals surface area contributed by atoms with Crippen LogP contribution in [0.4, 0.5) is 11.4 Å². The van der Waals surface area contributed by atoms with Gasteiger partial charge in [-0.1, -0.05) is 22.0 Å². The van der Waals surface area contributed by atoms with E-state index in [0.29, 0.717) is 21.4 Å². The second-order valence-electron chi connectivity index (χ2n) is 4.53. The maximum atomic E-state index is 12.1. The molecule has 0 saturated carbocycles. The van der Waals surface area contributed by atoms with Crippen molar-refractivity contribution in [1.82, 2.24) is 0 Å². The Hall–Kier alpha value is -1.86. The first-order valence-electron chi connectivity index (χ1n) is 5.93. The molecule has 110 valence electrons. The number of anilines is 2. The number of carbonyl (C=O) groups excluding carboxylic acids is 1. The largest absolute Gasteiger partial charge is 0.399 e. The molecule has 21 heavy (non-hydrogen) atoms. The summed E-state index contributed by atoms with van der Waals surface area (Å²) < 4.78 is 23.7. The van der Waals surface area contributed by atoms with E-state index in [1.807, 2.05) is 0 Å². The van der Waals surface area contributed by atoms with Crippen LogP contribution in [0.2, 0.25) is 0 Å². The van der Waals surface area contributed by atoms with Gasteiger partial charge in [0.1, 0.15) is 0 Å². The quantitative estimate of drug-likeness (QED) is 0.815. The SMILES string of the molecule is CS(=O)(=O)c1cccc(NC(=O)c2cc(N)cc(Br)c2)c1. The van der Waals surface area contributed by atoms with E-state index < -0.39 is 9.84 Å². The lowest BCUT2D eigenvalue weighted by molar-refractivity contribution is 0.102. The third-order valence-electron chi connectivity index (χ3n) is 2.70. The first-order chi connectivity index (χ1) is 9.75. The standard InChI is InChI=1S/C14H13BrN2O3S/c1-21(19,20)13-4-2-3-12(8-13)17-14(18)9-5-10(15)7-11(16)6-9/h2-8H,16H2,1H3,(H,17,18). The molecular weight excluding hydrogens is 356 g/mol. The molecule has 0 radical (unpaired) electrons. The molecule has 7 heteroatoms. The van der Waals surface area contributed by atoms with Gasteiger partial charge in [-0.05, 0) is 36.4 Å². The van der Waals surface area contributed by atoms with Gasteiger partial charge >= 0.3 is 0 Å². The third-order valence-corrected chi connectivity index (χ3v) is 4.27. The fourth-order valence-electron chi connectivity index (χ4n) is 1.75. The molecule has 2 rings (SSSR count). The smallest absolute Gasteiger partial charge is 0.255 e. The number of carbonyl (C=O) groups is 1. The third kappa shape index (κ3) is 4.05. The Morgan fingerprint density at radius 2 is 1.90 bits per heavy atom. The van der Waals surface area contributed by atoms with Gasteiger partial charge in [0.25, 0.3) is 5.91 Å². The highest BCUT2D eigenvalue weighted by Crippen LogP contribution is 2.20. The number of benzene rings is 2. The minimum Gasteiger partial charge on any atom is -0.399 e. The molecule has 0 aliphatic heterocycles. The van der Waals surface area contributed by atoms with E-state index in [1.165, 1.54) is 12.1 Å². The molecule has 3 N–H and O–H groups in total. The van der Waals surface area contributed by atoms with Crippen molar-refractivity contribution in [3.8, 4) is 0 Å². The van der Waals surface area contributed by atoms with Gasteiger partial charge < -0.3 is 11.1 Å². The number of nitrogens with one attached hydrogen (secondary N) is 1. The summed E-state index contributed by atoms with van der Waals surface area (Å²) >= 11 is 3.27. The van der Waals surface area contributed by atoms with Crippen molar-refractivity contribution in [3.05, 3.63) is 52.5 Å². The van der Waals surface area contributed by atoms with Gasteiger partial charge in [0.15, 0.2) is 9.84 Å². The van der Waals surface area contributed by atoms with Gasteiger partial charge in [0, 0.05) is 27.7 Å². The second-order valence-corrected chi connectivity index (χ2v) is 7.46. The van der Waals surface area contributed by atoms with Crippen molar-refractivity contribution in [2.45, 2.75) is 4.90 Å². The van der Waals surface area contributed by atoms with Crippen LogP contribution in [-0.2, 0) is 9.84 Å². The summed E-state index contributed by atoms with van der Waals surface area (Å²) in [5.74, 6) is -0.367. The van der Waals surface area contributed by atoms with Crippen molar-refractivity contribution in [2.75, 3.05) is 17.3 Å². The molecule has 0 atom stereocenters. The lowest BCUT2D eigenvalue weighted by atomic mass is 10.2. The normalized spacial score (nSPS) is 11.1. The molecule has 0 heterocycles. The molecule has 0 spiro atoms. The highest BCUT2D eigenvalue weighted by Gasteiger charge is 2.11. The van der Waals surface area contributed by atoms with Crippen molar-refractivity contribution in [3.63, 3.8) is 0 Å². The summed E-state index contributed by atoms with van der Waals surface area (Å²) in [4.78, 5) is 12.3. The Labute approximate surface area is 131 Å². The number of nitrogen functional groups attached to an aromatic ring is 1. The summed E-state index contributed by atoms with van der Waals surface area (Å²) in [7, 11) is -3.32. The van der Waals surface area contributed by atoms with E-state index in [2.05, 4.69) is 21.2 Å². The van der Waals surface area contributed by atoms with E-state index in [0.717, 1.165) is 6.26 Å². The molecule has 0 aliphatic rings. The molecule has 0 saturated heterocycles. The topological polar surface area (TPSA) is 89.3 Å². The van der Waals surface area contributed by atoms with E-state index in [4.69, 9.17) is 5.73 Å². The predicted molar refractivity (Wildman–Crippen MR) is 86.1 cm³/mol. The first kappa shape index (κ1) is 15.5. The first-order valence-corrected chi connectivity index (χ1v) is 8.62. The van der Waals surface area contributed by atoms with Crippen LogP contribution >= 0.6 is 15.9 Å². The molecule has 0 unspecified atom stereocenters. The van der Waals surface area contributed by atoms with Crippen molar-refractivity contribution in [2.24, 2.45) is 0 Å². The molecule has 0 fully saturated rings. The van der Waals surface area contributed by atoms with Gasteiger partial charge in [-0.15, -0.1) is 0 Å². The van der Waals surface area contributed by atoms with Crippen molar-refractivity contribution < 1.29 is 13.2 Å². The summed E-state index contributed by atoms with van der Waals surface area (Å²) in [6, 6.07) is 10.9. The Morgan fingerprint density at radius 3 is 2.52 bits per heavy atom. The zero-order valence-corrected chi connectivity index (χ0v) is 13.5. The van der Waals surface area contributed by atoms with Crippen LogP contribution in [0.3, 0.4) is 0 Å². The van der Waals surface area contributed by atoms with Crippen LogP contribution in [0.5, 0.6) is 0 Å². The number of hydrogen-bond acceptors (Lipinski definition) is 4. The van der Waals surface area contributed by atoms with Crippen molar-refractivity contribution in [1.29, 1.82) is 0 Å². The molecule has 5 nitrogen and oxygen atoms in total. The summed E-state index contributed by atoms with van der Waals surface area (Å²) in [5, 5.41) is 2.65. The van der Waals surface area contributed by atoms with Crippen LogP contribution < -0.4 is 11.1 Å². The van der Waals surface area contributed by atoms with Crippen LogP contribution in [0.25, 0.3) is 0 Å². The van der Waals surface area contributed by atoms with Gasteiger partial charge in [-0.3, -0.25) is 4.79 Å². The van der Waals surface area contributed by atoms with Crippen LogP contribution in [0, 0.1) is 0 Å². The summed E-state index contributed by atoms with van der Waals surface area (Å²) in [6.07, 6.45) is 1.11. The minimum atomic E-state index is -3.32. The lowest BCUT2D eigenvalue weighted by Crippen LogP contribution is -2.12. The highest BCUT2D eigenvalue weighted by atomic mass is 79.9. The predicted octanol–water partition coefficient (Wildman–Crippen LogP) is 2.69. The Balaban J connectivity index is 2.28. The van der Waals surface area contributed by atoms with E-state index in [1.54, 1.807) is 30.3 Å². The van der Waals surface area contributed by atoms with Crippen LogP contribution in [-0.4, -0.2) is 20.6 Å². The maximum Gasteiger partial charge on any atom is 0.255 e. The molecule has 0 bridgehead atoms. The van der Waals surface area contributed by atoms with Gasteiger partial charge in [-0.2, -0.15) is 0 Å². The average Bonchev–Trinajstić information content (AvgIpc) is 2.37. The fourth-order valence-corrected chi connectivity index (χ4v) is 2.93. The number of nitrogens with two attached hydrogens (primary N) is 1. The average molecular weight is 369 g/mol. The Kier molecular flexibility index (Phi) is 4.34. The molecular formula is C14H13BrN2O3S. The minimum absolute atomic E-state index is 0.147. The van der Waals surface area contributed by atoms with Gasteiger partial charge in [0.2, 0.25) is 0 Å². The van der Waals surface area contributed by atoms with Crippen LogP contribution in [0.1, 0.15) is 10.4 Å². The second kappa shape index (κ2) is 5.87. The van der Waals surface area contributed by atoms with Gasteiger partial charge in [-0.25, -0.2) is 8.42 Å². The Bertz CT molecular complexity index is 783. The zero-order chi connectivity index (χ0) is 15.6. The number of amides is 1. The van der Waals surface area contributed by atoms with Gasteiger partial charge in [0.05, 0.1) is 4.90 Å². The molecule has 0 aliphatic carbocycles. The number of rotatable bonds is 3. The lowest BCUT2D eigenvalue weighted by Gasteiger charge is -2.08. The summed E-state index contributed by atoms with van der Waals surface area (Å²) in [6.45, 7) is 0. The monoisotopic (exact) mass is 368 g/mol. The molecule has 0 aromatic heterocycles. The number of sulfone groups is 1.